The Morgan fingerprint density at radius 1 is 1.25 bits per heavy atom. The lowest BCUT2D eigenvalue weighted by Gasteiger charge is -2.12. The van der Waals surface area contributed by atoms with Gasteiger partial charge in [0.2, 0.25) is 0 Å². The van der Waals surface area contributed by atoms with Crippen LogP contribution in [0.25, 0.3) is 0 Å². The van der Waals surface area contributed by atoms with Gasteiger partial charge in [0.05, 0.1) is 0 Å². The Hall–Kier alpha value is -0.250. The SMILES string of the molecule is CCCCC(N)CCC(F)(F)F. The molecule has 1 atom stereocenters. The highest BCUT2D eigenvalue weighted by molar-refractivity contribution is 4.63. The Morgan fingerprint density at radius 3 is 2.25 bits per heavy atom. The summed E-state index contributed by atoms with van der Waals surface area (Å²) in [5.41, 5.74) is 5.47. The Kier molecular flexibility index (Phi) is 5.29. The van der Waals surface area contributed by atoms with Crippen LogP contribution in [0.15, 0.2) is 0 Å². The van der Waals surface area contributed by atoms with E-state index in [4.69, 9.17) is 5.73 Å². The molecule has 0 aromatic heterocycles. The van der Waals surface area contributed by atoms with Crippen molar-refractivity contribution in [3.63, 3.8) is 0 Å². The molecule has 0 aliphatic carbocycles. The van der Waals surface area contributed by atoms with E-state index >= 15 is 0 Å². The molecule has 74 valence electrons. The van der Waals surface area contributed by atoms with Gasteiger partial charge in [-0.3, -0.25) is 0 Å². The van der Waals surface area contributed by atoms with Gasteiger partial charge in [-0.15, -0.1) is 0 Å². The number of unbranched alkanes of at least 4 members (excludes halogenated alkanes) is 1. The van der Waals surface area contributed by atoms with E-state index in [1.807, 2.05) is 6.92 Å². The third-order valence-electron chi connectivity index (χ3n) is 1.73. The maximum atomic E-state index is 11.7. The van der Waals surface area contributed by atoms with Crippen molar-refractivity contribution < 1.29 is 13.2 Å². The van der Waals surface area contributed by atoms with Gasteiger partial charge in [0, 0.05) is 12.5 Å². The lowest BCUT2D eigenvalue weighted by molar-refractivity contribution is -0.136. The minimum absolute atomic E-state index is 0.0590. The molecule has 2 N–H and O–H groups in total. The predicted octanol–water partition coefficient (Wildman–Crippen LogP) is 2.85. The van der Waals surface area contributed by atoms with E-state index in [0.29, 0.717) is 6.42 Å². The van der Waals surface area contributed by atoms with Crippen LogP contribution in [0.3, 0.4) is 0 Å². The maximum Gasteiger partial charge on any atom is 0.389 e. The minimum Gasteiger partial charge on any atom is -0.328 e. The molecule has 0 aliphatic rings. The average molecular weight is 183 g/mol. The first kappa shape index (κ1) is 11.8. The first-order valence-electron chi connectivity index (χ1n) is 4.28. The Bertz CT molecular complexity index is 111. The van der Waals surface area contributed by atoms with E-state index < -0.39 is 12.6 Å². The molecule has 0 radical (unpaired) electrons. The van der Waals surface area contributed by atoms with Gasteiger partial charge in [0.1, 0.15) is 0 Å². The number of halogens is 3. The second-order valence-corrected chi connectivity index (χ2v) is 3.06. The highest BCUT2D eigenvalue weighted by atomic mass is 19.4. The fraction of sp³-hybridized carbons (Fsp3) is 1.00. The highest BCUT2D eigenvalue weighted by Crippen LogP contribution is 2.22. The number of hydrogen-bond acceptors (Lipinski definition) is 1. The molecule has 0 spiro atoms. The van der Waals surface area contributed by atoms with E-state index in [2.05, 4.69) is 0 Å². The molecule has 1 unspecified atom stereocenters. The van der Waals surface area contributed by atoms with Crippen LogP contribution in [0.1, 0.15) is 39.0 Å². The molecule has 0 aromatic rings. The van der Waals surface area contributed by atoms with E-state index in [0.717, 1.165) is 12.8 Å². The van der Waals surface area contributed by atoms with Crippen molar-refractivity contribution >= 4 is 0 Å². The van der Waals surface area contributed by atoms with Gasteiger partial charge in [-0.2, -0.15) is 13.2 Å². The van der Waals surface area contributed by atoms with Crippen molar-refractivity contribution in [3.05, 3.63) is 0 Å². The van der Waals surface area contributed by atoms with Gasteiger partial charge < -0.3 is 5.73 Å². The average Bonchev–Trinajstić information content (AvgIpc) is 1.95. The van der Waals surface area contributed by atoms with E-state index in [1.165, 1.54) is 0 Å². The highest BCUT2D eigenvalue weighted by Gasteiger charge is 2.27. The molecule has 1 nitrogen and oxygen atoms in total. The fourth-order valence-electron chi connectivity index (χ4n) is 0.960. The molecular formula is C8H16F3N. The van der Waals surface area contributed by atoms with Crippen LogP contribution >= 0.6 is 0 Å². The van der Waals surface area contributed by atoms with Crippen LogP contribution in [-0.4, -0.2) is 12.2 Å². The first-order valence-corrected chi connectivity index (χ1v) is 4.28. The third kappa shape index (κ3) is 7.85. The van der Waals surface area contributed by atoms with Gasteiger partial charge in [-0.05, 0) is 12.8 Å². The summed E-state index contributed by atoms with van der Waals surface area (Å²) in [6.07, 6.45) is -2.14. The molecule has 0 fully saturated rings. The smallest absolute Gasteiger partial charge is 0.328 e. The maximum absolute atomic E-state index is 11.7. The van der Waals surface area contributed by atoms with E-state index in [1.54, 1.807) is 0 Å². The van der Waals surface area contributed by atoms with Crippen molar-refractivity contribution in [2.45, 2.75) is 51.2 Å². The zero-order valence-electron chi connectivity index (χ0n) is 7.32. The molecular weight excluding hydrogens is 167 g/mol. The summed E-state index contributed by atoms with van der Waals surface area (Å²) < 4.78 is 35.0. The predicted molar refractivity (Wildman–Crippen MR) is 42.8 cm³/mol. The molecule has 0 saturated carbocycles. The normalized spacial score (nSPS) is 14.8. The zero-order chi connectivity index (χ0) is 9.61. The number of rotatable bonds is 5. The summed E-state index contributed by atoms with van der Waals surface area (Å²) in [7, 11) is 0. The molecule has 4 heteroatoms. The lowest BCUT2D eigenvalue weighted by atomic mass is 10.1. The summed E-state index contributed by atoms with van der Waals surface area (Å²) in [4.78, 5) is 0. The molecule has 0 aromatic carbocycles. The monoisotopic (exact) mass is 183 g/mol. The van der Waals surface area contributed by atoms with Crippen molar-refractivity contribution in [2.75, 3.05) is 0 Å². The van der Waals surface area contributed by atoms with Crippen molar-refractivity contribution in [1.82, 2.24) is 0 Å². The molecule has 0 amide bonds. The van der Waals surface area contributed by atoms with Crippen LogP contribution in [0.2, 0.25) is 0 Å². The molecule has 0 aliphatic heterocycles. The summed E-state index contributed by atoms with van der Waals surface area (Å²) in [5.74, 6) is 0. The van der Waals surface area contributed by atoms with Crippen LogP contribution in [0.5, 0.6) is 0 Å². The van der Waals surface area contributed by atoms with Crippen LogP contribution in [0, 0.1) is 0 Å². The topological polar surface area (TPSA) is 26.0 Å². The van der Waals surface area contributed by atoms with Crippen molar-refractivity contribution in [2.24, 2.45) is 5.73 Å². The number of hydrogen-bond donors (Lipinski definition) is 1. The molecule has 0 rings (SSSR count). The molecule has 0 heterocycles. The van der Waals surface area contributed by atoms with Crippen LogP contribution in [0.4, 0.5) is 13.2 Å². The van der Waals surface area contributed by atoms with E-state index in [9.17, 15) is 13.2 Å². The second kappa shape index (κ2) is 5.41. The van der Waals surface area contributed by atoms with Crippen LogP contribution < -0.4 is 5.73 Å². The zero-order valence-corrected chi connectivity index (χ0v) is 7.32. The largest absolute Gasteiger partial charge is 0.389 e. The summed E-state index contributed by atoms with van der Waals surface area (Å²) in [6, 6.07) is -0.286. The molecule has 0 bridgehead atoms. The van der Waals surface area contributed by atoms with Gasteiger partial charge >= 0.3 is 6.18 Å². The van der Waals surface area contributed by atoms with Gasteiger partial charge in [-0.25, -0.2) is 0 Å². The fourth-order valence-corrected chi connectivity index (χ4v) is 0.960. The summed E-state index contributed by atoms with van der Waals surface area (Å²) in [6.45, 7) is 2.00. The van der Waals surface area contributed by atoms with Gasteiger partial charge in [0.25, 0.3) is 0 Å². The van der Waals surface area contributed by atoms with Gasteiger partial charge in [-0.1, -0.05) is 19.8 Å². The number of nitrogens with two attached hydrogens (primary N) is 1. The van der Waals surface area contributed by atoms with Crippen molar-refractivity contribution in [1.29, 1.82) is 0 Å². The van der Waals surface area contributed by atoms with Crippen LogP contribution in [-0.2, 0) is 0 Å². The minimum atomic E-state index is -4.05. The lowest BCUT2D eigenvalue weighted by Crippen LogP contribution is -2.22. The Balaban J connectivity index is 3.37. The number of alkyl halides is 3. The Labute approximate surface area is 71.1 Å². The summed E-state index contributed by atoms with van der Waals surface area (Å²) in [5, 5.41) is 0. The summed E-state index contributed by atoms with van der Waals surface area (Å²) >= 11 is 0. The van der Waals surface area contributed by atoms with Gasteiger partial charge in [0.15, 0.2) is 0 Å². The Morgan fingerprint density at radius 2 is 1.83 bits per heavy atom. The van der Waals surface area contributed by atoms with E-state index in [-0.39, 0.29) is 12.5 Å². The second-order valence-electron chi connectivity index (χ2n) is 3.06. The molecule has 0 saturated heterocycles. The molecule has 12 heavy (non-hydrogen) atoms. The standard InChI is InChI=1S/C8H16F3N/c1-2-3-4-7(12)5-6-8(9,10)11/h7H,2-6,12H2,1H3. The first-order chi connectivity index (χ1) is 5.45. The third-order valence-corrected chi connectivity index (χ3v) is 1.73. The van der Waals surface area contributed by atoms with Crippen molar-refractivity contribution in [3.8, 4) is 0 Å². The quantitative estimate of drug-likeness (QED) is 0.696.